The highest BCUT2D eigenvalue weighted by molar-refractivity contribution is 6.30. The van der Waals surface area contributed by atoms with Crippen molar-refractivity contribution >= 4 is 41.0 Å². The van der Waals surface area contributed by atoms with Gasteiger partial charge in [-0.15, -0.1) is 0 Å². The van der Waals surface area contributed by atoms with E-state index in [-0.39, 0.29) is 30.3 Å². The fourth-order valence-corrected chi connectivity index (χ4v) is 5.79. The molecule has 2 amide bonds. The molecule has 13 heteroatoms. The van der Waals surface area contributed by atoms with Gasteiger partial charge in [-0.25, -0.2) is 9.59 Å². The monoisotopic (exact) mass is 592 g/mol. The first-order valence-corrected chi connectivity index (χ1v) is 13.7. The Bertz CT molecular complexity index is 1360. The molecule has 3 heterocycles. The van der Waals surface area contributed by atoms with Gasteiger partial charge >= 0.3 is 18.1 Å². The smallest absolute Gasteiger partial charge is 0.344 e. The molecule has 218 valence electrons. The van der Waals surface area contributed by atoms with Crippen LogP contribution in [0, 0.1) is 5.92 Å². The van der Waals surface area contributed by atoms with Crippen molar-refractivity contribution < 1.29 is 32.4 Å². The van der Waals surface area contributed by atoms with Crippen molar-refractivity contribution in [3.8, 4) is 0 Å². The Balaban J connectivity index is 1.48. The normalized spacial score (nSPS) is 21.8. The predicted molar refractivity (Wildman–Crippen MR) is 146 cm³/mol. The number of fused-ring (bicyclic) bond motifs is 1. The minimum Gasteiger partial charge on any atom is -0.344 e. The van der Waals surface area contributed by atoms with E-state index >= 15 is 0 Å². The summed E-state index contributed by atoms with van der Waals surface area (Å²) in [6.45, 7) is 1.92. The van der Waals surface area contributed by atoms with Crippen LogP contribution in [0.25, 0.3) is 0 Å². The van der Waals surface area contributed by atoms with Gasteiger partial charge in [0.2, 0.25) is 0 Å². The molecule has 0 spiro atoms. The van der Waals surface area contributed by atoms with Crippen LogP contribution in [0.4, 0.5) is 18.9 Å². The lowest BCUT2D eigenvalue weighted by molar-refractivity contribution is -0.235. The van der Waals surface area contributed by atoms with Crippen LogP contribution in [0.2, 0.25) is 5.02 Å². The molecular weight excluding hydrogens is 563 g/mol. The number of halogens is 4. The Morgan fingerprint density at radius 1 is 1.05 bits per heavy atom. The van der Waals surface area contributed by atoms with Crippen molar-refractivity contribution in [3.05, 3.63) is 64.7 Å². The highest BCUT2D eigenvalue weighted by Crippen LogP contribution is 2.37. The SMILES string of the molecule is CN1CCN=C1N1CCC(C[N+]2(OC(=O)C(F)(F)F)C(=O)CN(C(=O)c3ccc(Cl)cc3)Cc3ccccc32)CC1. The second-order valence-electron chi connectivity index (χ2n) is 10.5. The zero-order chi connectivity index (χ0) is 29.4. The first-order chi connectivity index (χ1) is 19.5. The number of quaternary nitrogens is 1. The van der Waals surface area contributed by atoms with Gasteiger partial charge in [0.25, 0.3) is 5.91 Å². The number of likely N-dealkylation sites (tertiary alicyclic amines) is 1. The van der Waals surface area contributed by atoms with Gasteiger partial charge < -0.3 is 14.7 Å². The molecule has 41 heavy (non-hydrogen) atoms. The summed E-state index contributed by atoms with van der Waals surface area (Å²) in [5.41, 5.74) is 0.790. The number of piperidine rings is 1. The Morgan fingerprint density at radius 2 is 1.73 bits per heavy atom. The Morgan fingerprint density at radius 3 is 2.37 bits per heavy atom. The van der Waals surface area contributed by atoms with Crippen molar-refractivity contribution in [2.75, 3.05) is 46.3 Å². The van der Waals surface area contributed by atoms with Crippen LogP contribution in [0.15, 0.2) is 53.5 Å². The lowest BCUT2D eigenvalue weighted by Gasteiger charge is -2.39. The molecule has 1 saturated heterocycles. The Hall–Kier alpha value is -3.64. The van der Waals surface area contributed by atoms with Gasteiger partial charge in [0.05, 0.1) is 13.1 Å². The van der Waals surface area contributed by atoms with Gasteiger partial charge in [0, 0.05) is 54.8 Å². The van der Waals surface area contributed by atoms with Gasteiger partial charge in [-0.2, -0.15) is 13.2 Å². The molecule has 3 aliphatic heterocycles. The number of carbonyl (C=O) groups is 3. The maximum Gasteiger partial charge on any atom is 0.497 e. The van der Waals surface area contributed by atoms with E-state index < -0.39 is 35.2 Å². The number of aliphatic imine (C=N–C) groups is 1. The third-order valence-corrected chi connectivity index (χ3v) is 8.01. The van der Waals surface area contributed by atoms with Gasteiger partial charge in [-0.3, -0.25) is 14.6 Å². The molecule has 5 rings (SSSR count). The molecule has 0 saturated carbocycles. The fraction of sp³-hybridized carbons (Fsp3) is 0.429. The number of guanidine groups is 1. The van der Waals surface area contributed by atoms with E-state index in [4.69, 9.17) is 16.4 Å². The molecule has 2 aromatic carbocycles. The van der Waals surface area contributed by atoms with Gasteiger partial charge in [-0.1, -0.05) is 29.8 Å². The number of rotatable bonds is 4. The summed E-state index contributed by atoms with van der Waals surface area (Å²) < 4.78 is 39.5. The molecule has 0 aromatic heterocycles. The molecule has 1 fully saturated rings. The number of para-hydroxylation sites is 1. The number of alkyl halides is 3. The maximum atomic E-state index is 14.0. The third-order valence-electron chi connectivity index (χ3n) is 7.76. The number of hydrogen-bond donors (Lipinski definition) is 0. The zero-order valence-electron chi connectivity index (χ0n) is 22.4. The highest BCUT2D eigenvalue weighted by atomic mass is 35.5. The quantitative estimate of drug-likeness (QED) is 0.502. The van der Waals surface area contributed by atoms with Crippen LogP contribution in [0.1, 0.15) is 28.8 Å². The summed E-state index contributed by atoms with van der Waals surface area (Å²) >= 11 is 5.95. The van der Waals surface area contributed by atoms with Crippen LogP contribution < -0.4 is 4.65 Å². The highest BCUT2D eigenvalue weighted by Gasteiger charge is 2.56. The summed E-state index contributed by atoms with van der Waals surface area (Å²) in [5, 5.41) is 0.422. The van der Waals surface area contributed by atoms with Crippen LogP contribution >= 0.6 is 11.6 Å². The average molecular weight is 593 g/mol. The number of carbonyl (C=O) groups excluding carboxylic acids is 3. The van der Waals surface area contributed by atoms with Crippen molar-refractivity contribution in [2.45, 2.75) is 25.6 Å². The lowest BCUT2D eigenvalue weighted by Crippen LogP contribution is -2.61. The number of nitrogens with zero attached hydrogens (tertiary/aromatic N) is 5. The van der Waals surface area contributed by atoms with E-state index in [9.17, 15) is 27.6 Å². The predicted octanol–water partition coefficient (Wildman–Crippen LogP) is 3.86. The van der Waals surface area contributed by atoms with Crippen LogP contribution in [-0.2, 0) is 21.0 Å². The molecular formula is C28H30ClF3N5O4+. The molecule has 3 aliphatic rings. The summed E-state index contributed by atoms with van der Waals surface area (Å²) in [7, 11) is 1.96. The molecule has 0 radical (unpaired) electrons. The topological polar surface area (TPSA) is 82.5 Å². The second kappa shape index (κ2) is 11.3. The van der Waals surface area contributed by atoms with E-state index in [2.05, 4.69) is 14.8 Å². The Labute approximate surface area is 240 Å². The third kappa shape index (κ3) is 5.89. The van der Waals surface area contributed by atoms with E-state index in [0.29, 0.717) is 43.1 Å². The average Bonchev–Trinajstić information content (AvgIpc) is 3.33. The van der Waals surface area contributed by atoms with Gasteiger partial charge in [-0.05, 0) is 41.8 Å². The molecule has 2 aromatic rings. The minimum absolute atomic E-state index is 0.0580. The van der Waals surface area contributed by atoms with Crippen molar-refractivity contribution in [3.63, 3.8) is 0 Å². The van der Waals surface area contributed by atoms with E-state index in [1.54, 1.807) is 18.2 Å². The maximum absolute atomic E-state index is 14.0. The Kier molecular flexibility index (Phi) is 7.97. The van der Waals surface area contributed by atoms with E-state index in [0.717, 1.165) is 12.5 Å². The van der Waals surface area contributed by atoms with Gasteiger partial charge in [0.15, 0.2) is 11.6 Å². The van der Waals surface area contributed by atoms with Crippen molar-refractivity contribution in [1.82, 2.24) is 19.3 Å². The van der Waals surface area contributed by atoms with Gasteiger partial charge in [0.1, 0.15) is 13.1 Å². The standard InChI is InChI=1S/C28H30ClF3N5O4/c1-34-15-12-33-27(34)35-13-10-19(11-14-35)18-37(41-26(40)28(30,31)32)23-5-3-2-4-21(23)16-36(17-24(37)38)25(39)20-6-8-22(29)9-7-20/h2-9,19H,10-18H2,1H3/q+1. The number of likely N-dealkylation sites (N-methyl/N-ethyl adjacent to an activating group) is 1. The van der Waals surface area contributed by atoms with E-state index in [1.807, 2.05) is 7.05 Å². The van der Waals surface area contributed by atoms with E-state index in [1.165, 1.54) is 35.2 Å². The molecule has 0 N–H and O–H groups in total. The first-order valence-electron chi connectivity index (χ1n) is 13.3. The number of amides is 2. The number of benzene rings is 2. The summed E-state index contributed by atoms with van der Waals surface area (Å²) in [6, 6.07) is 12.5. The molecule has 0 aliphatic carbocycles. The molecule has 1 atom stereocenters. The second-order valence-corrected chi connectivity index (χ2v) is 11.0. The lowest BCUT2D eigenvalue weighted by atomic mass is 9.95. The molecule has 0 bridgehead atoms. The van der Waals surface area contributed by atoms with Crippen LogP contribution in [-0.4, -0.2) is 90.9 Å². The largest absolute Gasteiger partial charge is 0.497 e. The summed E-state index contributed by atoms with van der Waals surface area (Å²) in [6.07, 6.45) is -4.21. The number of hydrogen-bond acceptors (Lipinski definition) is 7. The van der Waals surface area contributed by atoms with Crippen LogP contribution in [0.3, 0.4) is 0 Å². The number of hydroxylamine groups is 2. The van der Waals surface area contributed by atoms with Crippen molar-refractivity contribution in [1.29, 1.82) is 0 Å². The van der Waals surface area contributed by atoms with Crippen molar-refractivity contribution in [2.24, 2.45) is 10.9 Å². The molecule has 1 unspecified atom stereocenters. The molecule has 9 nitrogen and oxygen atoms in total. The first kappa shape index (κ1) is 28.9. The van der Waals surface area contributed by atoms with Crippen LogP contribution in [0.5, 0.6) is 0 Å². The summed E-state index contributed by atoms with van der Waals surface area (Å²) in [5.74, 6) is -3.16. The zero-order valence-corrected chi connectivity index (χ0v) is 23.2. The summed E-state index contributed by atoms with van der Waals surface area (Å²) in [4.78, 5) is 54.9. The minimum atomic E-state index is -5.32. The fourth-order valence-electron chi connectivity index (χ4n) is 5.66.